The molecular weight excluding hydrogens is 280 g/mol. The van der Waals surface area contributed by atoms with Crippen LogP contribution < -0.4 is 10.1 Å². The van der Waals surface area contributed by atoms with Crippen molar-refractivity contribution >= 4 is 29.2 Å². The zero-order valence-corrected chi connectivity index (χ0v) is 11.3. The first-order valence-electron chi connectivity index (χ1n) is 5.77. The number of rotatable bonds is 3. The molecule has 0 saturated carbocycles. The summed E-state index contributed by atoms with van der Waals surface area (Å²) in [5, 5.41) is 2.80. The maximum absolute atomic E-state index is 12.2. The van der Waals surface area contributed by atoms with E-state index in [0.29, 0.717) is 5.69 Å². The van der Waals surface area contributed by atoms with Crippen LogP contribution in [0.4, 0.5) is 5.69 Å². The van der Waals surface area contributed by atoms with E-state index in [2.05, 4.69) is 10.3 Å². The van der Waals surface area contributed by atoms with Crippen molar-refractivity contribution in [2.75, 3.05) is 5.32 Å². The molecule has 102 valence electrons. The van der Waals surface area contributed by atoms with Gasteiger partial charge in [-0.1, -0.05) is 23.7 Å². The second kappa shape index (κ2) is 6.16. The van der Waals surface area contributed by atoms with Crippen LogP contribution in [0.3, 0.4) is 0 Å². The van der Waals surface area contributed by atoms with Crippen molar-refractivity contribution in [1.29, 1.82) is 0 Å². The minimum atomic E-state index is -0.496. The molecule has 0 radical (unpaired) electrons. The molecule has 0 atom stereocenters. The van der Waals surface area contributed by atoms with Gasteiger partial charge in [0.25, 0.3) is 5.91 Å². The quantitative estimate of drug-likeness (QED) is 0.536. The lowest BCUT2D eigenvalue weighted by atomic mass is 10.2. The number of aromatic nitrogens is 1. The van der Waals surface area contributed by atoms with Gasteiger partial charge < -0.3 is 10.1 Å². The van der Waals surface area contributed by atoms with Crippen LogP contribution in [0.5, 0.6) is 5.75 Å². The normalized spacial score (nSPS) is 9.90. The van der Waals surface area contributed by atoms with Crippen molar-refractivity contribution in [3.8, 4) is 5.75 Å². The number of esters is 1. The molecule has 0 bridgehead atoms. The van der Waals surface area contributed by atoms with E-state index in [4.69, 9.17) is 16.3 Å². The zero-order chi connectivity index (χ0) is 14.5. The Kier molecular flexibility index (Phi) is 4.32. The van der Waals surface area contributed by atoms with Crippen LogP contribution in [0.15, 0.2) is 42.6 Å². The molecule has 0 aliphatic carbocycles. The molecule has 0 aliphatic heterocycles. The molecule has 0 aliphatic rings. The number of halogens is 1. The van der Waals surface area contributed by atoms with Crippen LogP contribution in [0.2, 0.25) is 5.15 Å². The summed E-state index contributed by atoms with van der Waals surface area (Å²) >= 11 is 5.87. The van der Waals surface area contributed by atoms with Gasteiger partial charge in [-0.3, -0.25) is 9.59 Å². The fraction of sp³-hybridized carbons (Fsp3) is 0.0714. The molecule has 5 nitrogen and oxygen atoms in total. The molecule has 1 heterocycles. The maximum Gasteiger partial charge on any atom is 0.308 e. The van der Waals surface area contributed by atoms with E-state index in [0.717, 1.165) is 0 Å². The third-order valence-electron chi connectivity index (χ3n) is 2.39. The van der Waals surface area contributed by atoms with Gasteiger partial charge >= 0.3 is 5.97 Å². The van der Waals surface area contributed by atoms with Crippen LogP contribution in [0.1, 0.15) is 17.3 Å². The molecule has 1 aromatic heterocycles. The monoisotopic (exact) mass is 290 g/mol. The number of anilines is 1. The van der Waals surface area contributed by atoms with Gasteiger partial charge in [-0.2, -0.15) is 0 Å². The molecule has 1 N–H and O–H groups in total. The van der Waals surface area contributed by atoms with E-state index in [1.165, 1.54) is 13.1 Å². The summed E-state index contributed by atoms with van der Waals surface area (Å²) in [5.74, 6) is -0.737. The Hall–Kier alpha value is -2.40. The number of hydrogen-bond acceptors (Lipinski definition) is 4. The Morgan fingerprint density at radius 1 is 1.20 bits per heavy atom. The van der Waals surface area contributed by atoms with Crippen LogP contribution in [0.25, 0.3) is 0 Å². The van der Waals surface area contributed by atoms with Crippen molar-refractivity contribution in [3.05, 3.63) is 53.3 Å². The molecule has 0 saturated heterocycles. The number of nitrogens with zero attached hydrogens (tertiary/aromatic N) is 1. The van der Waals surface area contributed by atoms with E-state index in [9.17, 15) is 9.59 Å². The lowest BCUT2D eigenvalue weighted by molar-refractivity contribution is -0.131. The van der Waals surface area contributed by atoms with Crippen molar-refractivity contribution < 1.29 is 14.3 Å². The van der Waals surface area contributed by atoms with Gasteiger partial charge in [0, 0.05) is 13.1 Å². The minimum Gasteiger partial charge on any atom is -0.426 e. The summed E-state index contributed by atoms with van der Waals surface area (Å²) in [6, 6.07) is 9.72. The van der Waals surface area contributed by atoms with Gasteiger partial charge in [0.1, 0.15) is 5.75 Å². The second-order valence-corrected chi connectivity index (χ2v) is 4.24. The van der Waals surface area contributed by atoms with Gasteiger partial charge in [-0.05, 0) is 24.3 Å². The van der Waals surface area contributed by atoms with Gasteiger partial charge in [-0.15, -0.1) is 0 Å². The van der Waals surface area contributed by atoms with E-state index in [1.54, 1.807) is 36.4 Å². The molecule has 2 rings (SSSR count). The predicted molar refractivity (Wildman–Crippen MR) is 75.0 cm³/mol. The number of pyridine rings is 1. The lowest BCUT2D eigenvalue weighted by Crippen LogP contribution is -2.15. The smallest absolute Gasteiger partial charge is 0.308 e. The van der Waals surface area contributed by atoms with Gasteiger partial charge in [-0.25, -0.2) is 4.98 Å². The topological polar surface area (TPSA) is 68.3 Å². The Labute approximate surface area is 120 Å². The SMILES string of the molecule is CC(=O)Oc1ccccc1C(=O)Nc1cccnc1Cl. The first kappa shape index (κ1) is 14.0. The molecule has 2 aromatic rings. The highest BCUT2D eigenvalue weighted by atomic mass is 35.5. The predicted octanol–water partition coefficient (Wildman–Crippen LogP) is 2.91. The van der Waals surface area contributed by atoms with Crippen molar-refractivity contribution in [1.82, 2.24) is 4.98 Å². The zero-order valence-electron chi connectivity index (χ0n) is 10.6. The van der Waals surface area contributed by atoms with Crippen LogP contribution >= 0.6 is 11.6 Å². The van der Waals surface area contributed by atoms with Gasteiger partial charge in [0.05, 0.1) is 11.3 Å². The Morgan fingerprint density at radius 3 is 2.65 bits per heavy atom. The summed E-state index contributed by atoms with van der Waals surface area (Å²) in [4.78, 5) is 27.1. The van der Waals surface area contributed by atoms with Gasteiger partial charge in [0.15, 0.2) is 5.15 Å². The average molecular weight is 291 g/mol. The summed E-state index contributed by atoms with van der Waals surface area (Å²) in [7, 11) is 0. The highest BCUT2D eigenvalue weighted by Crippen LogP contribution is 2.22. The summed E-state index contributed by atoms with van der Waals surface area (Å²) in [6.45, 7) is 1.27. The third-order valence-corrected chi connectivity index (χ3v) is 2.69. The highest BCUT2D eigenvalue weighted by molar-refractivity contribution is 6.32. The minimum absolute atomic E-state index is 0.186. The molecule has 1 amide bonds. The summed E-state index contributed by atoms with van der Waals surface area (Å²) in [6.07, 6.45) is 1.52. The molecular formula is C14H11ClN2O3. The Balaban J connectivity index is 2.26. The maximum atomic E-state index is 12.2. The van der Waals surface area contributed by atoms with E-state index < -0.39 is 11.9 Å². The molecule has 20 heavy (non-hydrogen) atoms. The second-order valence-electron chi connectivity index (χ2n) is 3.89. The number of hydrogen-bond donors (Lipinski definition) is 1. The number of para-hydroxylation sites is 1. The molecule has 0 fully saturated rings. The fourth-order valence-electron chi connectivity index (χ4n) is 1.57. The van der Waals surface area contributed by atoms with E-state index in [1.807, 2.05) is 0 Å². The standard InChI is InChI=1S/C14H11ClN2O3/c1-9(18)20-12-7-3-2-5-10(12)14(19)17-11-6-4-8-16-13(11)15/h2-8H,1H3,(H,17,19). The highest BCUT2D eigenvalue weighted by Gasteiger charge is 2.14. The van der Waals surface area contributed by atoms with Crippen molar-refractivity contribution in [2.24, 2.45) is 0 Å². The number of amides is 1. The average Bonchev–Trinajstić information content (AvgIpc) is 2.41. The molecule has 6 heteroatoms. The third kappa shape index (κ3) is 3.33. The van der Waals surface area contributed by atoms with Crippen LogP contribution in [-0.2, 0) is 4.79 Å². The molecule has 0 spiro atoms. The number of nitrogens with one attached hydrogen (secondary N) is 1. The fourth-order valence-corrected chi connectivity index (χ4v) is 1.73. The Bertz CT molecular complexity index is 658. The lowest BCUT2D eigenvalue weighted by Gasteiger charge is -2.10. The van der Waals surface area contributed by atoms with E-state index in [-0.39, 0.29) is 16.5 Å². The van der Waals surface area contributed by atoms with E-state index >= 15 is 0 Å². The number of carbonyl (C=O) groups excluding carboxylic acids is 2. The van der Waals surface area contributed by atoms with Crippen LogP contribution in [0, 0.1) is 0 Å². The first-order valence-corrected chi connectivity index (χ1v) is 6.15. The molecule has 0 unspecified atom stereocenters. The first-order chi connectivity index (χ1) is 9.58. The number of ether oxygens (including phenoxy) is 1. The van der Waals surface area contributed by atoms with Crippen LogP contribution in [-0.4, -0.2) is 16.9 Å². The summed E-state index contributed by atoms with van der Waals surface area (Å²) in [5.41, 5.74) is 0.624. The molecule has 1 aromatic carbocycles. The summed E-state index contributed by atoms with van der Waals surface area (Å²) < 4.78 is 4.99. The largest absolute Gasteiger partial charge is 0.426 e. The number of benzene rings is 1. The number of carbonyl (C=O) groups is 2. The Morgan fingerprint density at radius 2 is 1.95 bits per heavy atom. The van der Waals surface area contributed by atoms with Crippen molar-refractivity contribution in [2.45, 2.75) is 6.92 Å². The van der Waals surface area contributed by atoms with Gasteiger partial charge in [0.2, 0.25) is 0 Å². The van der Waals surface area contributed by atoms with Crippen molar-refractivity contribution in [3.63, 3.8) is 0 Å².